The Kier molecular flexibility index (Phi) is 4.87. The number of aliphatic imine (C=N–C) groups is 1. The molecule has 1 fully saturated rings. The van der Waals surface area contributed by atoms with Crippen LogP contribution in [-0.2, 0) is 9.53 Å². The van der Waals surface area contributed by atoms with Gasteiger partial charge in [0.2, 0.25) is 5.91 Å². The van der Waals surface area contributed by atoms with Crippen molar-refractivity contribution >= 4 is 11.8 Å². The van der Waals surface area contributed by atoms with Crippen molar-refractivity contribution < 1.29 is 9.53 Å². The molecule has 2 heterocycles. The minimum Gasteiger partial charge on any atom is -0.479 e. The van der Waals surface area contributed by atoms with Gasteiger partial charge in [-0.05, 0) is 12.6 Å². The second-order valence-electron chi connectivity index (χ2n) is 3.35. The first-order valence-corrected chi connectivity index (χ1v) is 5.36. The third kappa shape index (κ3) is 3.73. The van der Waals surface area contributed by atoms with Crippen LogP contribution in [0.15, 0.2) is 17.8 Å². The van der Waals surface area contributed by atoms with Gasteiger partial charge in [0.1, 0.15) is 6.61 Å². The molecule has 2 rings (SSSR count). The molecule has 84 valence electrons. The van der Waals surface area contributed by atoms with Crippen LogP contribution in [0.4, 0.5) is 0 Å². The summed E-state index contributed by atoms with van der Waals surface area (Å²) < 4.78 is 5.05. The first-order valence-electron chi connectivity index (χ1n) is 5.36. The number of carbonyl (C=O) groups excluding carboxylic acids is 1. The molecule has 0 radical (unpaired) electrons. The zero-order valence-corrected chi connectivity index (χ0v) is 9.24. The molecule has 1 saturated heterocycles. The Bertz CT molecular complexity index is 261. The Morgan fingerprint density at radius 1 is 1.67 bits per heavy atom. The molecule has 4 heteroatoms. The summed E-state index contributed by atoms with van der Waals surface area (Å²) in [6, 6.07) is 0. The molecule has 15 heavy (non-hydrogen) atoms. The van der Waals surface area contributed by atoms with E-state index in [1.54, 1.807) is 11.1 Å². The molecule has 2 aliphatic rings. The van der Waals surface area contributed by atoms with Gasteiger partial charge in [0.25, 0.3) is 0 Å². The average molecular weight is 210 g/mol. The van der Waals surface area contributed by atoms with Gasteiger partial charge in [-0.1, -0.05) is 13.5 Å². The lowest BCUT2D eigenvalue weighted by Crippen LogP contribution is -2.16. The van der Waals surface area contributed by atoms with Crippen molar-refractivity contribution in [3.05, 3.63) is 12.8 Å². The monoisotopic (exact) mass is 210 g/mol. The Morgan fingerprint density at radius 2 is 2.47 bits per heavy atom. The van der Waals surface area contributed by atoms with E-state index < -0.39 is 0 Å². The van der Waals surface area contributed by atoms with Gasteiger partial charge in [-0.2, -0.15) is 0 Å². The Labute approximate surface area is 90.6 Å². The molecule has 0 aromatic heterocycles. The molecule has 0 aromatic carbocycles. The summed E-state index contributed by atoms with van der Waals surface area (Å²) in [5, 5.41) is 0. The van der Waals surface area contributed by atoms with E-state index in [0.717, 1.165) is 38.4 Å². The summed E-state index contributed by atoms with van der Waals surface area (Å²) in [6.45, 7) is 8.07. The van der Waals surface area contributed by atoms with Gasteiger partial charge < -0.3 is 9.64 Å². The average Bonchev–Trinajstić information content (AvgIpc) is 2.88. The van der Waals surface area contributed by atoms with E-state index in [0.29, 0.717) is 6.42 Å². The summed E-state index contributed by atoms with van der Waals surface area (Å²) in [7, 11) is 0. The Balaban J connectivity index is 0.000000151. The number of ether oxygens (including phenoxy) is 1. The number of amides is 1. The van der Waals surface area contributed by atoms with E-state index in [1.165, 1.54) is 0 Å². The highest BCUT2D eigenvalue weighted by Crippen LogP contribution is 2.08. The summed E-state index contributed by atoms with van der Waals surface area (Å²) in [6.07, 6.45) is 4.23. The quantitative estimate of drug-likeness (QED) is 0.694. The molecule has 0 spiro atoms. The van der Waals surface area contributed by atoms with Gasteiger partial charge >= 0.3 is 0 Å². The maximum absolute atomic E-state index is 10.7. The van der Waals surface area contributed by atoms with Gasteiger partial charge in [0, 0.05) is 19.4 Å². The van der Waals surface area contributed by atoms with Gasteiger partial charge in [0.15, 0.2) is 5.90 Å². The van der Waals surface area contributed by atoms with E-state index in [2.05, 4.69) is 11.6 Å². The fourth-order valence-corrected chi connectivity index (χ4v) is 1.46. The van der Waals surface area contributed by atoms with Crippen molar-refractivity contribution in [2.24, 2.45) is 4.99 Å². The lowest BCUT2D eigenvalue weighted by atomic mass is 10.4. The molecule has 0 bridgehead atoms. The fourth-order valence-electron chi connectivity index (χ4n) is 1.46. The molecule has 0 atom stereocenters. The smallest absolute Gasteiger partial charge is 0.226 e. The van der Waals surface area contributed by atoms with Crippen LogP contribution < -0.4 is 0 Å². The van der Waals surface area contributed by atoms with Crippen molar-refractivity contribution in [3.63, 3.8) is 0 Å². The summed E-state index contributed by atoms with van der Waals surface area (Å²) in [5.41, 5.74) is 0. The minimum absolute atomic E-state index is 0.208. The summed E-state index contributed by atoms with van der Waals surface area (Å²) >= 11 is 0. The van der Waals surface area contributed by atoms with E-state index in [-0.39, 0.29) is 5.91 Å². The Hall–Kier alpha value is -1.32. The van der Waals surface area contributed by atoms with Crippen molar-refractivity contribution in [3.8, 4) is 0 Å². The molecule has 0 saturated carbocycles. The van der Waals surface area contributed by atoms with E-state index in [1.807, 2.05) is 6.92 Å². The van der Waals surface area contributed by atoms with Crippen LogP contribution >= 0.6 is 0 Å². The number of likely N-dealkylation sites (tertiary alicyclic amines) is 1. The molecule has 0 aromatic rings. The van der Waals surface area contributed by atoms with Crippen LogP contribution in [0.2, 0.25) is 0 Å². The summed E-state index contributed by atoms with van der Waals surface area (Å²) in [4.78, 5) is 16.4. The molecule has 1 amide bonds. The van der Waals surface area contributed by atoms with Crippen molar-refractivity contribution in [1.29, 1.82) is 0 Å². The van der Waals surface area contributed by atoms with Crippen LogP contribution in [0.3, 0.4) is 0 Å². The maximum Gasteiger partial charge on any atom is 0.226 e. The first kappa shape index (κ1) is 11.8. The molecule has 0 N–H and O–H groups in total. The zero-order chi connectivity index (χ0) is 11.1. The van der Waals surface area contributed by atoms with Crippen molar-refractivity contribution in [1.82, 2.24) is 4.90 Å². The molecule has 0 aliphatic carbocycles. The predicted molar refractivity (Wildman–Crippen MR) is 59.7 cm³/mol. The molecule has 4 nitrogen and oxygen atoms in total. The molecular weight excluding hydrogens is 192 g/mol. The lowest BCUT2D eigenvalue weighted by Gasteiger charge is -2.05. The van der Waals surface area contributed by atoms with Crippen LogP contribution in [-0.4, -0.2) is 36.4 Å². The van der Waals surface area contributed by atoms with Gasteiger partial charge in [0.05, 0.1) is 6.54 Å². The Morgan fingerprint density at radius 3 is 2.73 bits per heavy atom. The van der Waals surface area contributed by atoms with Gasteiger partial charge in [-0.3, -0.25) is 9.79 Å². The third-order valence-corrected chi connectivity index (χ3v) is 2.28. The topological polar surface area (TPSA) is 41.9 Å². The van der Waals surface area contributed by atoms with Gasteiger partial charge in [-0.25, -0.2) is 0 Å². The second kappa shape index (κ2) is 6.22. The molecule has 2 aliphatic heterocycles. The standard InChI is InChI=1S/C6H9NO.C5H9NO/c1-2-7-5-3-4-6(7)8;1-2-5-6-3-4-7-5/h2H,1,3-5H2;2-4H2,1H3. The zero-order valence-electron chi connectivity index (χ0n) is 9.24. The third-order valence-electron chi connectivity index (χ3n) is 2.28. The van der Waals surface area contributed by atoms with Crippen LogP contribution in [0, 0.1) is 0 Å². The van der Waals surface area contributed by atoms with E-state index >= 15 is 0 Å². The number of nitrogens with zero attached hydrogens (tertiary/aromatic N) is 2. The predicted octanol–water partition coefficient (Wildman–Crippen LogP) is 1.58. The van der Waals surface area contributed by atoms with Crippen LogP contribution in [0.5, 0.6) is 0 Å². The maximum atomic E-state index is 10.7. The second-order valence-corrected chi connectivity index (χ2v) is 3.35. The van der Waals surface area contributed by atoms with Crippen LogP contribution in [0.25, 0.3) is 0 Å². The SMILES string of the molecule is C=CN1CCCC1=O.CCC1=NCCO1. The van der Waals surface area contributed by atoms with Crippen molar-refractivity contribution in [2.45, 2.75) is 26.2 Å². The number of carbonyl (C=O) groups is 1. The van der Waals surface area contributed by atoms with Crippen molar-refractivity contribution in [2.75, 3.05) is 19.7 Å². The molecule has 0 unspecified atom stereocenters. The number of hydrogen-bond acceptors (Lipinski definition) is 3. The first-order chi connectivity index (χ1) is 7.27. The lowest BCUT2D eigenvalue weighted by molar-refractivity contribution is -0.125. The van der Waals surface area contributed by atoms with Crippen LogP contribution in [0.1, 0.15) is 26.2 Å². The fraction of sp³-hybridized carbons (Fsp3) is 0.636. The molecular formula is C11H18N2O2. The summed E-state index contributed by atoms with van der Waals surface area (Å²) in [5.74, 6) is 1.13. The number of rotatable bonds is 2. The van der Waals surface area contributed by atoms with Gasteiger partial charge in [-0.15, -0.1) is 0 Å². The minimum atomic E-state index is 0.208. The normalized spacial score (nSPS) is 19.1. The highest BCUT2D eigenvalue weighted by Gasteiger charge is 2.15. The highest BCUT2D eigenvalue weighted by atomic mass is 16.5. The highest BCUT2D eigenvalue weighted by molar-refractivity contribution is 5.79. The largest absolute Gasteiger partial charge is 0.479 e. The van der Waals surface area contributed by atoms with E-state index in [9.17, 15) is 4.79 Å². The van der Waals surface area contributed by atoms with E-state index in [4.69, 9.17) is 4.74 Å². The number of hydrogen-bond donors (Lipinski definition) is 0.